The zero-order chi connectivity index (χ0) is 21.0. The number of imide groups is 1. The third-order valence-corrected chi connectivity index (χ3v) is 6.96. The number of nitrogens with one attached hydrogen (secondary N) is 1. The molecule has 0 bridgehead atoms. The number of carbonyl (C=O) groups excluding carboxylic acids is 2. The second-order valence-electron chi connectivity index (χ2n) is 9.79. The lowest BCUT2D eigenvalue weighted by Gasteiger charge is -2.40. The van der Waals surface area contributed by atoms with Crippen LogP contribution in [0.2, 0.25) is 0 Å². The van der Waals surface area contributed by atoms with Crippen molar-refractivity contribution in [2.24, 2.45) is 11.3 Å². The number of hydrogen-bond acceptors (Lipinski definition) is 3. The summed E-state index contributed by atoms with van der Waals surface area (Å²) in [6.07, 6.45) is 4.51. The summed E-state index contributed by atoms with van der Waals surface area (Å²) in [5.41, 5.74) is 0.644. The maximum Gasteiger partial charge on any atom is 0.326 e. The van der Waals surface area contributed by atoms with E-state index in [9.17, 15) is 18.4 Å². The predicted molar refractivity (Wildman–Crippen MR) is 106 cm³/mol. The molecule has 2 aliphatic heterocycles. The minimum atomic E-state index is -0.912. The first-order valence-corrected chi connectivity index (χ1v) is 10.5. The number of carbonyl (C=O) groups is 2. The van der Waals surface area contributed by atoms with E-state index in [0.717, 1.165) is 19.3 Å². The number of fused-ring (bicyclic) bond motifs is 1. The van der Waals surface area contributed by atoms with Crippen LogP contribution in [-0.4, -0.2) is 35.6 Å². The minimum Gasteiger partial charge on any atom is -0.353 e. The Morgan fingerprint density at radius 2 is 1.79 bits per heavy atom. The lowest BCUT2D eigenvalue weighted by molar-refractivity contribution is -0.133. The van der Waals surface area contributed by atoms with E-state index in [1.807, 2.05) is 0 Å². The van der Waals surface area contributed by atoms with Crippen LogP contribution in [0.25, 0.3) is 0 Å². The quantitative estimate of drug-likeness (QED) is 0.751. The number of anilines is 1. The highest BCUT2D eigenvalue weighted by molar-refractivity contribution is 6.07. The van der Waals surface area contributed by atoms with Crippen LogP contribution < -0.4 is 10.2 Å². The van der Waals surface area contributed by atoms with E-state index >= 15 is 0 Å². The van der Waals surface area contributed by atoms with Crippen molar-refractivity contribution in [3.63, 3.8) is 0 Å². The fraction of sp³-hybridized carbons (Fsp3) is 0.636. The fourth-order valence-electron chi connectivity index (χ4n) is 5.09. The molecule has 3 aliphatic rings. The van der Waals surface area contributed by atoms with Crippen molar-refractivity contribution < 1.29 is 18.4 Å². The van der Waals surface area contributed by atoms with Crippen LogP contribution in [0.4, 0.5) is 19.3 Å². The maximum atomic E-state index is 13.8. The van der Waals surface area contributed by atoms with Crippen LogP contribution in [-0.2, 0) is 11.2 Å². The first-order valence-electron chi connectivity index (χ1n) is 10.5. The highest BCUT2D eigenvalue weighted by Crippen LogP contribution is 2.43. The molecule has 1 saturated carbocycles. The Labute approximate surface area is 170 Å². The van der Waals surface area contributed by atoms with E-state index in [2.05, 4.69) is 26.1 Å². The summed E-state index contributed by atoms with van der Waals surface area (Å²) in [5, 5.41) is 2.95. The van der Waals surface area contributed by atoms with Crippen LogP contribution in [0.1, 0.15) is 58.4 Å². The van der Waals surface area contributed by atoms with Gasteiger partial charge in [-0.3, -0.25) is 4.79 Å². The predicted octanol–water partition coefficient (Wildman–Crippen LogP) is 4.20. The molecule has 0 aromatic heterocycles. The second kappa shape index (κ2) is 6.96. The molecule has 1 spiro atoms. The molecule has 3 amide bonds. The average Bonchev–Trinajstić information content (AvgIpc) is 2.87. The van der Waals surface area contributed by atoms with Gasteiger partial charge in [-0.05, 0) is 61.5 Å². The smallest absolute Gasteiger partial charge is 0.326 e. The van der Waals surface area contributed by atoms with Gasteiger partial charge in [0.1, 0.15) is 12.2 Å². The molecular formula is C22H29F2N3O2. The van der Waals surface area contributed by atoms with Gasteiger partial charge in [-0.2, -0.15) is 0 Å². The third kappa shape index (κ3) is 3.49. The lowest BCUT2D eigenvalue weighted by Crippen LogP contribution is -2.51. The van der Waals surface area contributed by atoms with Crippen LogP contribution in [0.5, 0.6) is 0 Å². The summed E-state index contributed by atoms with van der Waals surface area (Å²) < 4.78 is 27.4. The van der Waals surface area contributed by atoms with Crippen molar-refractivity contribution in [3.05, 3.63) is 29.3 Å². The van der Waals surface area contributed by atoms with E-state index in [-0.39, 0.29) is 24.0 Å². The molecule has 1 aromatic carbocycles. The van der Waals surface area contributed by atoms with Gasteiger partial charge < -0.3 is 10.2 Å². The molecule has 0 radical (unpaired) electrons. The van der Waals surface area contributed by atoms with Crippen LogP contribution in [0.3, 0.4) is 0 Å². The summed E-state index contributed by atoms with van der Waals surface area (Å²) in [6, 6.07) is 2.00. The number of rotatable bonds is 2. The first kappa shape index (κ1) is 20.1. The highest BCUT2D eigenvalue weighted by Gasteiger charge is 2.53. The topological polar surface area (TPSA) is 52.7 Å². The molecule has 2 heterocycles. The summed E-state index contributed by atoms with van der Waals surface area (Å²) in [5.74, 6) is -1.44. The minimum absolute atomic E-state index is 0.0627. The summed E-state index contributed by atoms with van der Waals surface area (Å²) >= 11 is 0. The fourth-order valence-corrected chi connectivity index (χ4v) is 5.09. The summed E-state index contributed by atoms with van der Waals surface area (Å²) in [7, 11) is 0. The van der Waals surface area contributed by atoms with Crippen molar-refractivity contribution in [1.82, 2.24) is 10.2 Å². The molecule has 4 rings (SSSR count). The van der Waals surface area contributed by atoms with E-state index in [1.165, 1.54) is 17.0 Å². The zero-order valence-corrected chi connectivity index (χ0v) is 17.4. The average molecular weight is 405 g/mol. The molecular weight excluding hydrogens is 376 g/mol. The first-order chi connectivity index (χ1) is 13.6. The standard InChI is InChI=1S/C22H29F2N3O2/c1-21(2,3)15-6-8-22(9-7-15)19(28)27(20(29)25-22)13-26-10-4-5-14-11-16(23)17(24)12-18(14)26/h11-12,15H,4-10,13H2,1-3H3,(H,25,29). The largest absolute Gasteiger partial charge is 0.353 e. The van der Waals surface area contributed by atoms with E-state index in [1.54, 1.807) is 4.90 Å². The number of urea groups is 1. The number of benzene rings is 1. The van der Waals surface area contributed by atoms with Gasteiger partial charge in [0, 0.05) is 18.3 Å². The Morgan fingerprint density at radius 3 is 2.45 bits per heavy atom. The maximum absolute atomic E-state index is 13.8. The Balaban J connectivity index is 1.51. The van der Waals surface area contributed by atoms with Crippen molar-refractivity contribution in [2.75, 3.05) is 18.1 Å². The van der Waals surface area contributed by atoms with Gasteiger partial charge >= 0.3 is 6.03 Å². The molecule has 1 aromatic rings. The highest BCUT2D eigenvalue weighted by atomic mass is 19.2. The molecule has 2 fully saturated rings. The van der Waals surface area contributed by atoms with Crippen LogP contribution >= 0.6 is 0 Å². The molecule has 5 nitrogen and oxygen atoms in total. The molecule has 7 heteroatoms. The van der Waals surface area contributed by atoms with Gasteiger partial charge in [0.15, 0.2) is 11.6 Å². The monoisotopic (exact) mass is 405 g/mol. The van der Waals surface area contributed by atoms with Gasteiger partial charge in [-0.1, -0.05) is 20.8 Å². The number of aryl methyl sites for hydroxylation is 1. The van der Waals surface area contributed by atoms with Crippen molar-refractivity contribution in [2.45, 2.75) is 64.8 Å². The molecule has 1 aliphatic carbocycles. The van der Waals surface area contributed by atoms with Gasteiger partial charge in [0.25, 0.3) is 5.91 Å². The van der Waals surface area contributed by atoms with E-state index in [0.29, 0.717) is 43.0 Å². The molecule has 1 N–H and O–H groups in total. The zero-order valence-electron chi connectivity index (χ0n) is 17.4. The molecule has 158 valence electrons. The Morgan fingerprint density at radius 1 is 1.14 bits per heavy atom. The Hall–Kier alpha value is -2.18. The Kier molecular flexibility index (Phi) is 4.82. The number of nitrogens with zero attached hydrogens (tertiary/aromatic N) is 2. The van der Waals surface area contributed by atoms with Crippen LogP contribution in [0.15, 0.2) is 12.1 Å². The second-order valence-corrected chi connectivity index (χ2v) is 9.79. The molecule has 0 unspecified atom stereocenters. The third-order valence-electron chi connectivity index (χ3n) is 6.96. The van der Waals surface area contributed by atoms with E-state index in [4.69, 9.17) is 0 Å². The lowest BCUT2D eigenvalue weighted by atomic mass is 9.67. The summed E-state index contributed by atoms with van der Waals surface area (Å²) in [6.45, 7) is 7.30. The van der Waals surface area contributed by atoms with Gasteiger partial charge in [0.05, 0.1) is 0 Å². The molecule has 0 atom stereocenters. The van der Waals surface area contributed by atoms with Crippen molar-refractivity contribution in [1.29, 1.82) is 0 Å². The van der Waals surface area contributed by atoms with Gasteiger partial charge in [0.2, 0.25) is 0 Å². The van der Waals surface area contributed by atoms with Crippen molar-refractivity contribution in [3.8, 4) is 0 Å². The SMILES string of the molecule is CC(C)(C)C1CCC2(CC1)NC(=O)N(CN1CCCc3cc(F)c(F)cc31)C2=O. The van der Waals surface area contributed by atoms with Gasteiger partial charge in [-0.25, -0.2) is 18.5 Å². The Bertz CT molecular complexity index is 841. The summed E-state index contributed by atoms with van der Waals surface area (Å²) in [4.78, 5) is 29.0. The van der Waals surface area contributed by atoms with Crippen LogP contribution in [0, 0.1) is 23.0 Å². The molecule has 29 heavy (non-hydrogen) atoms. The van der Waals surface area contributed by atoms with Crippen molar-refractivity contribution >= 4 is 17.6 Å². The van der Waals surface area contributed by atoms with Gasteiger partial charge in [-0.15, -0.1) is 0 Å². The number of hydrogen-bond donors (Lipinski definition) is 1. The number of halogens is 2. The normalized spacial score (nSPS) is 27.4. The van der Waals surface area contributed by atoms with E-state index < -0.39 is 17.2 Å². The number of amides is 3. The molecule has 1 saturated heterocycles.